The Morgan fingerprint density at radius 2 is 1.84 bits per heavy atom. The summed E-state index contributed by atoms with van der Waals surface area (Å²) in [6.45, 7) is 2.65. The van der Waals surface area contributed by atoms with Gasteiger partial charge in [-0.25, -0.2) is 0 Å². The number of amides is 1. The monoisotopic (exact) mass is 285 g/mol. The zero-order chi connectivity index (χ0) is 14.3. The number of benzene rings is 1. The summed E-state index contributed by atoms with van der Waals surface area (Å²) in [6, 6.07) is 5.10. The summed E-state index contributed by atoms with van der Waals surface area (Å²) in [6.07, 6.45) is 0.878. The summed E-state index contributed by atoms with van der Waals surface area (Å²) < 4.78 is 10.3. The first-order valence-corrected chi connectivity index (χ1v) is 6.71. The molecule has 0 aliphatic heterocycles. The number of rotatable bonds is 7. The molecule has 1 amide bonds. The van der Waals surface area contributed by atoms with E-state index in [2.05, 4.69) is 12.2 Å². The van der Waals surface area contributed by atoms with E-state index in [1.807, 2.05) is 0 Å². The van der Waals surface area contributed by atoms with Gasteiger partial charge in [0.25, 0.3) is 5.91 Å². The summed E-state index contributed by atoms with van der Waals surface area (Å²) >= 11 is 5.66. The zero-order valence-corrected chi connectivity index (χ0v) is 12.3. The molecular formula is C14H20ClNO3. The van der Waals surface area contributed by atoms with Crippen molar-refractivity contribution in [3.05, 3.63) is 23.8 Å². The van der Waals surface area contributed by atoms with Gasteiger partial charge in [0, 0.05) is 24.1 Å². The smallest absolute Gasteiger partial charge is 0.251 e. The van der Waals surface area contributed by atoms with Gasteiger partial charge in [-0.2, -0.15) is 0 Å². The average Bonchev–Trinajstić information content (AvgIpc) is 2.44. The first-order chi connectivity index (χ1) is 9.10. The van der Waals surface area contributed by atoms with Gasteiger partial charge in [-0.3, -0.25) is 4.79 Å². The van der Waals surface area contributed by atoms with Gasteiger partial charge in [0.2, 0.25) is 0 Å². The van der Waals surface area contributed by atoms with Crippen LogP contribution in [0.3, 0.4) is 0 Å². The zero-order valence-electron chi connectivity index (χ0n) is 11.5. The van der Waals surface area contributed by atoms with Crippen molar-refractivity contribution < 1.29 is 14.3 Å². The molecule has 1 atom stereocenters. The Bertz CT molecular complexity index is 401. The minimum atomic E-state index is -0.140. The molecule has 0 aromatic heterocycles. The minimum Gasteiger partial charge on any atom is -0.497 e. The fraction of sp³-hybridized carbons (Fsp3) is 0.500. The molecule has 106 valence electrons. The fourth-order valence-electron chi connectivity index (χ4n) is 1.60. The predicted molar refractivity (Wildman–Crippen MR) is 76.4 cm³/mol. The molecule has 0 saturated carbocycles. The molecule has 19 heavy (non-hydrogen) atoms. The van der Waals surface area contributed by atoms with Gasteiger partial charge in [-0.1, -0.05) is 6.92 Å². The summed E-state index contributed by atoms with van der Waals surface area (Å²) in [5, 5.41) is 2.88. The normalized spacial score (nSPS) is 11.8. The van der Waals surface area contributed by atoms with Crippen LogP contribution in [0, 0.1) is 5.92 Å². The molecule has 1 aromatic rings. The van der Waals surface area contributed by atoms with Crippen LogP contribution >= 0.6 is 11.6 Å². The number of carbonyl (C=O) groups excluding carboxylic acids is 1. The van der Waals surface area contributed by atoms with Crippen molar-refractivity contribution in [2.45, 2.75) is 13.3 Å². The minimum absolute atomic E-state index is 0.140. The van der Waals surface area contributed by atoms with Gasteiger partial charge in [-0.15, -0.1) is 11.6 Å². The molecular weight excluding hydrogens is 266 g/mol. The molecule has 0 aliphatic rings. The Hall–Kier alpha value is -1.42. The lowest BCUT2D eigenvalue weighted by Gasteiger charge is -2.12. The standard InChI is InChI=1S/C14H20ClNO3/c1-10(4-5-15)9-16-14(17)11-6-12(18-2)8-13(7-11)19-3/h6-8,10H,4-5,9H2,1-3H3,(H,16,17). The lowest BCUT2D eigenvalue weighted by atomic mass is 10.1. The molecule has 1 N–H and O–H groups in total. The number of alkyl halides is 1. The molecule has 0 fully saturated rings. The maximum atomic E-state index is 12.0. The molecule has 1 unspecified atom stereocenters. The molecule has 0 saturated heterocycles. The van der Waals surface area contributed by atoms with Crippen LogP contribution in [0.15, 0.2) is 18.2 Å². The van der Waals surface area contributed by atoms with Crippen molar-refractivity contribution in [1.82, 2.24) is 5.32 Å². The number of carbonyl (C=O) groups is 1. The van der Waals surface area contributed by atoms with Crippen molar-refractivity contribution in [2.75, 3.05) is 26.6 Å². The van der Waals surface area contributed by atoms with E-state index in [0.29, 0.717) is 35.4 Å². The van der Waals surface area contributed by atoms with E-state index in [0.717, 1.165) is 6.42 Å². The van der Waals surface area contributed by atoms with Crippen LogP contribution in [0.4, 0.5) is 0 Å². The highest BCUT2D eigenvalue weighted by Gasteiger charge is 2.11. The SMILES string of the molecule is COc1cc(OC)cc(C(=O)NCC(C)CCCl)c1. The van der Waals surface area contributed by atoms with Crippen molar-refractivity contribution in [3.8, 4) is 11.5 Å². The second kappa shape index (κ2) is 7.89. The van der Waals surface area contributed by atoms with Crippen LogP contribution in [-0.4, -0.2) is 32.6 Å². The van der Waals surface area contributed by atoms with Gasteiger partial charge in [0.15, 0.2) is 0 Å². The van der Waals surface area contributed by atoms with Gasteiger partial charge < -0.3 is 14.8 Å². The van der Waals surface area contributed by atoms with E-state index in [9.17, 15) is 4.79 Å². The number of hydrogen-bond acceptors (Lipinski definition) is 3. The highest BCUT2D eigenvalue weighted by atomic mass is 35.5. The number of nitrogens with one attached hydrogen (secondary N) is 1. The van der Waals surface area contributed by atoms with E-state index in [1.54, 1.807) is 32.4 Å². The van der Waals surface area contributed by atoms with E-state index in [1.165, 1.54) is 0 Å². The molecule has 1 rings (SSSR count). The van der Waals surface area contributed by atoms with E-state index in [4.69, 9.17) is 21.1 Å². The number of halogens is 1. The van der Waals surface area contributed by atoms with E-state index >= 15 is 0 Å². The Balaban J connectivity index is 2.70. The summed E-state index contributed by atoms with van der Waals surface area (Å²) in [5.74, 6) is 2.01. The Kier molecular flexibility index (Phi) is 6.50. The molecule has 0 bridgehead atoms. The van der Waals surface area contributed by atoms with Crippen LogP contribution in [0.2, 0.25) is 0 Å². The Morgan fingerprint density at radius 3 is 2.32 bits per heavy atom. The first-order valence-electron chi connectivity index (χ1n) is 6.18. The summed E-state index contributed by atoms with van der Waals surface area (Å²) in [4.78, 5) is 12.0. The van der Waals surface area contributed by atoms with Crippen LogP contribution in [-0.2, 0) is 0 Å². The molecule has 0 radical (unpaired) electrons. The largest absolute Gasteiger partial charge is 0.497 e. The van der Waals surface area contributed by atoms with Gasteiger partial charge in [-0.05, 0) is 24.5 Å². The second-order valence-corrected chi connectivity index (χ2v) is 4.77. The van der Waals surface area contributed by atoms with Gasteiger partial charge >= 0.3 is 0 Å². The fourth-order valence-corrected chi connectivity index (χ4v) is 1.97. The van der Waals surface area contributed by atoms with Gasteiger partial charge in [0.1, 0.15) is 11.5 Å². The summed E-state index contributed by atoms with van der Waals surface area (Å²) in [7, 11) is 3.11. The third-order valence-corrected chi connectivity index (χ3v) is 3.04. The first kappa shape index (κ1) is 15.6. The van der Waals surface area contributed by atoms with Crippen molar-refractivity contribution in [1.29, 1.82) is 0 Å². The third kappa shape index (κ3) is 4.99. The van der Waals surface area contributed by atoms with Gasteiger partial charge in [0.05, 0.1) is 14.2 Å². The molecule has 0 heterocycles. The molecule has 4 nitrogen and oxygen atoms in total. The number of methoxy groups -OCH3 is 2. The highest BCUT2D eigenvalue weighted by molar-refractivity contribution is 6.17. The maximum Gasteiger partial charge on any atom is 0.251 e. The molecule has 5 heteroatoms. The van der Waals surface area contributed by atoms with Crippen LogP contribution in [0.25, 0.3) is 0 Å². The number of ether oxygens (including phenoxy) is 2. The lowest BCUT2D eigenvalue weighted by molar-refractivity contribution is 0.0947. The Morgan fingerprint density at radius 1 is 1.26 bits per heavy atom. The van der Waals surface area contributed by atoms with Crippen molar-refractivity contribution in [3.63, 3.8) is 0 Å². The average molecular weight is 286 g/mol. The quantitative estimate of drug-likeness (QED) is 0.784. The highest BCUT2D eigenvalue weighted by Crippen LogP contribution is 2.22. The molecule has 0 aliphatic carbocycles. The Labute approximate surface area is 119 Å². The van der Waals surface area contributed by atoms with Crippen LogP contribution in [0.5, 0.6) is 11.5 Å². The topological polar surface area (TPSA) is 47.6 Å². The van der Waals surface area contributed by atoms with Crippen molar-refractivity contribution in [2.24, 2.45) is 5.92 Å². The lowest BCUT2D eigenvalue weighted by Crippen LogP contribution is -2.28. The van der Waals surface area contributed by atoms with Crippen LogP contribution in [0.1, 0.15) is 23.7 Å². The van der Waals surface area contributed by atoms with E-state index < -0.39 is 0 Å². The van der Waals surface area contributed by atoms with Crippen molar-refractivity contribution >= 4 is 17.5 Å². The second-order valence-electron chi connectivity index (χ2n) is 4.39. The third-order valence-electron chi connectivity index (χ3n) is 2.83. The van der Waals surface area contributed by atoms with Crippen LogP contribution < -0.4 is 14.8 Å². The molecule has 0 spiro atoms. The summed E-state index contributed by atoms with van der Waals surface area (Å²) in [5.41, 5.74) is 0.522. The number of hydrogen-bond donors (Lipinski definition) is 1. The maximum absolute atomic E-state index is 12.0. The predicted octanol–water partition coefficient (Wildman–Crippen LogP) is 2.70. The van der Waals surface area contributed by atoms with E-state index in [-0.39, 0.29) is 5.91 Å². The molecule has 1 aromatic carbocycles.